The molecule has 1 unspecified atom stereocenters. The zero-order valence-corrected chi connectivity index (χ0v) is 25.0. The fourth-order valence-electron chi connectivity index (χ4n) is 6.35. The third kappa shape index (κ3) is 6.60. The van der Waals surface area contributed by atoms with Crippen LogP contribution in [0.15, 0.2) is 72.8 Å². The minimum atomic E-state index is -0.668. The Morgan fingerprint density at radius 3 is 2.53 bits per heavy atom. The monoisotopic (exact) mass is 580 g/mol. The van der Waals surface area contributed by atoms with Gasteiger partial charge in [-0.05, 0) is 54.3 Å². The Bertz CT molecular complexity index is 1560. The van der Waals surface area contributed by atoms with Crippen LogP contribution < -0.4 is 10.1 Å². The number of benzene rings is 3. The third-order valence-electron chi connectivity index (χ3n) is 8.50. The Hall–Kier alpha value is -4.14. The second kappa shape index (κ2) is 13.0. The number of hydrogen-bond donors (Lipinski definition) is 2. The largest absolute Gasteiger partial charge is 0.492 e. The number of morpholine rings is 1. The molecule has 43 heavy (non-hydrogen) atoms. The molecule has 0 saturated carbocycles. The summed E-state index contributed by atoms with van der Waals surface area (Å²) in [5.41, 5.74) is 6.56. The average molecular weight is 581 g/mol. The summed E-state index contributed by atoms with van der Waals surface area (Å²) in [5.74, 6) is 0.497. The van der Waals surface area contributed by atoms with Gasteiger partial charge in [-0.25, -0.2) is 0 Å². The second-order valence-electron chi connectivity index (χ2n) is 11.6. The molecular formula is C35H40N4O4. The van der Waals surface area contributed by atoms with Crippen molar-refractivity contribution in [3.63, 3.8) is 0 Å². The van der Waals surface area contributed by atoms with Crippen molar-refractivity contribution < 1.29 is 19.1 Å². The van der Waals surface area contributed by atoms with Gasteiger partial charge in [0, 0.05) is 56.1 Å². The smallest absolute Gasteiger partial charge is 0.246 e. The molecule has 2 aliphatic rings. The first-order valence-electron chi connectivity index (χ1n) is 15.2. The van der Waals surface area contributed by atoms with Crippen LogP contribution in [0.2, 0.25) is 0 Å². The van der Waals surface area contributed by atoms with E-state index in [1.165, 1.54) is 23.4 Å². The van der Waals surface area contributed by atoms with Crippen LogP contribution in [0.3, 0.4) is 0 Å². The Labute approximate surface area is 253 Å². The van der Waals surface area contributed by atoms with E-state index >= 15 is 0 Å². The van der Waals surface area contributed by atoms with Crippen LogP contribution in [0.25, 0.3) is 10.9 Å². The van der Waals surface area contributed by atoms with Crippen molar-refractivity contribution in [1.82, 2.24) is 20.1 Å². The molecule has 224 valence electrons. The highest BCUT2D eigenvalue weighted by Gasteiger charge is 2.37. The van der Waals surface area contributed by atoms with E-state index in [2.05, 4.69) is 52.5 Å². The van der Waals surface area contributed by atoms with Crippen molar-refractivity contribution in [2.75, 3.05) is 46.0 Å². The summed E-state index contributed by atoms with van der Waals surface area (Å²) in [7, 11) is 0. The highest BCUT2D eigenvalue weighted by Crippen LogP contribution is 2.39. The van der Waals surface area contributed by atoms with Crippen molar-refractivity contribution in [2.24, 2.45) is 0 Å². The number of hydrogen-bond acceptors (Lipinski definition) is 5. The summed E-state index contributed by atoms with van der Waals surface area (Å²) in [6.45, 7) is 9.01. The van der Waals surface area contributed by atoms with Crippen molar-refractivity contribution in [3.05, 3.63) is 101 Å². The molecule has 0 bridgehead atoms. The van der Waals surface area contributed by atoms with Gasteiger partial charge < -0.3 is 24.7 Å². The van der Waals surface area contributed by atoms with Crippen molar-refractivity contribution in [3.8, 4) is 5.75 Å². The summed E-state index contributed by atoms with van der Waals surface area (Å²) in [6.07, 6.45) is 1.17. The number of nitrogens with zero attached hydrogens (tertiary/aromatic N) is 2. The zero-order valence-electron chi connectivity index (χ0n) is 25.0. The maximum Gasteiger partial charge on any atom is 0.246 e. The lowest BCUT2D eigenvalue weighted by Crippen LogP contribution is -2.52. The van der Waals surface area contributed by atoms with Crippen LogP contribution in [-0.4, -0.2) is 78.6 Å². The van der Waals surface area contributed by atoms with Gasteiger partial charge in [0.2, 0.25) is 11.8 Å². The van der Waals surface area contributed by atoms with E-state index in [0.29, 0.717) is 19.6 Å². The van der Waals surface area contributed by atoms with E-state index in [1.807, 2.05) is 47.4 Å². The summed E-state index contributed by atoms with van der Waals surface area (Å²) >= 11 is 0. The lowest BCUT2D eigenvalue weighted by atomic mass is 9.91. The number of aryl methyl sites for hydroxylation is 1. The number of fused-ring (bicyclic) bond motifs is 3. The van der Waals surface area contributed by atoms with Crippen LogP contribution in [-0.2, 0) is 27.2 Å². The van der Waals surface area contributed by atoms with Gasteiger partial charge in [-0.1, -0.05) is 54.1 Å². The zero-order chi connectivity index (χ0) is 29.8. The Morgan fingerprint density at radius 1 is 1.02 bits per heavy atom. The molecule has 4 aromatic rings. The van der Waals surface area contributed by atoms with Gasteiger partial charge in [0.05, 0.1) is 19.3 Å². The van der Waals surface area contributed by atoms with Gasteiger partial charge in [0.1, 0.15) is 18.4 Å². The quantitative estimate of drug-likeness (QED) is 0.306. The van der Waals surface area contributed by atoms with Gasteiger partial charge in [-0.2, -0.15) is 0 Å². The molecule has 2 N–H and O–H groups in total. The fourth-order valence-corrected chi connectivity index (χ4v) is 6.35. The van der Waals surface area contributed by atoms with Gasteiger partial charge in [-0.3, -0.25) is 14.5 Å². The van der Waals surface area contributed by atoms with E-state index < -0.39 is 6.04 Å². The van der Waals surface area contributed by atoms with Gasteiger partial charge >= 0.3 is 0 Å². The van der Waals surface area contributed by atoms with Gasteiger partial charge in [0.25, 0.3) is 0 Å². The minimum Gasteiger partial charge on any atom is -0.492 e. The topological polar surface area (TPSA) is 86.9 Å². The van der Waals surface area contributed by atoms with Gasteiger partial charge in [0.15, 0.2) is 0 Å². The molecule has 0 radical (unpaired) electrons. The summed E-state index contributed by atoms with van der Waals surface area (Å²) < 4.78 is 11.5. The maximum absolute atomic E-state index is 14.3. The maximum atomic E-state index is 14.3. The van der Waals surface area contributed by atoms with E-state index in [-0.39, 0.29) is 17.9 Å². The predicted octanol–water partition coefficient (Wildman–Crippen LogP) is 4.41. The molecule has 3 heterocycles. The molecule has 8 nitrogen and oxygen atoms in total. The number of aromatic amines is 1. The highest BCUT2D eigenvalue weighted by atomic mass is 16.5. The lowest BCUT2D eigenvalue weighted by molar-refractivity contribution is -0.138. The highest BCUT2D eigenvalue weighted by molar-refractivity contribution is 5.90. The van der Waals surface area contributed by atoms with Crippen LogP contribution in [0.5, 0.6) is 5.75 Å². The average Bonchev–Trinajstić information content (AvgIpc) is 3.39. The summed E-state index contributed by atoms with van der Waals surface area (Å²) in [4.78, 5) is 34.5. The number of H-pyrrole nitrogens is 1. The minimum absolute atomic E-state index is 0.0876. The number of nitrogens with one attached hydrogen (secondary N) is 2. The fraction of sp³-hybridized carbons (Fsp3) is 0.371. The number of carbonyl (C=O) groups excluding carboxylic acids is 2. The van der Waals surface area contributed by atoms with Crippen molar-refractivity contribution in [1.29, 1.82) is 0 Å². The number of aromatic nitrogens is 1. The molecule has 0 spiro atoms. The molecule has 8 heteroatoms. The van der Waals surface area contributed by atoms with Crippen molar-refractivity contribution >= 4 is 22.7 Å². The van der Waals surface area contributed by atoms with E-state index in [9.17, 15) is 9.59 Å². The van der Waals surface area contributed by atoms with Gasteiger partial charge in [-0.15, -0.1) is 0 Å². The van der Waals surface area contributed by atoms with E-state index in [1.54, 1.807) is 0 Å². The molecule has 2 atom stereocenters. The molecule has 0 aliphatic carbocycles. The van der Waals surface area contributed by atoms with E-state index in [4.69, 9.17) is 9.47 Å². The molecule has 2 aliphatic heterocycles. The second-order valence-corrected chi connectivity index (χ2v) is 11.6. The Morgan fingerprint density at radius 2 is 1.79 bits per heavy atom. The van der Waals surface area contributed by atoms with Crippen LogP contribution in [0.4, 0.5) is 0 Å². The third-order valence-corrected chi connectivity index (χ3v) is 8.50. The Balaban J connectivity index is 1.29. The van der Waals surface area contributed by atoms with Crippen LogP contribution >= 0.6 is 0 Å². The SMILES string of the molecule is CC(=O)N[C@@H](Cc1ccccc1)C(=O)N1CCc2c([nH]c3ccc(C)cc23)C1c1ccc(OCCN2CCOCC2)cc1. The predicted molar refractivity (Wildman–Crippen MR) is 167 cm³/mol. The molecule has 1 saturated heterocycles. The normalized spacial score (nSPS) is 17.8. The summed E-state index contributed by atoms with van der Waals surface area (Å²) in [6, 6.07) is 23.4. The van der Waals surface area contributed by atoms with Crippen LogP contribution in [0.1, 0.15) is 40.9 Å². The molecule has 2 amide bonds. The number of carbonyl (C=O) groups is 2. The standard InChI is InChI=1S/C35H40N4O4/c1-24-8-13-31-30(22-24)29-14-15-39(35(41)32(36-25(2)40)23-26-6-4-3-5-7-26)34(33(29)37-31)27-9-11-28(12-10-27)43-21-18-38-16-19-42-20-17-38/h3-13,22,32,34,37H,14-21,23H2,1-2H3,(H,36,40)/t32-,34?/m0/s1. The van der Waals surface area contributed by atoms with Crippen molar-refractivity contribution in [2.45, 2.75) is 38.8 Å². The Kier molecular flexibility index (Phi) is 8.77. The lowest BCUT2D eigenvalue weighted by Gasteiger charge is -2.38. The first-order valence-corrected chi connectivity index (χ1v) is 15.2. The molecule has 1 fully saturated rings. The molecular weight excluding hydrogens is 540 g/mol. The molecule has 1 aromatic heterocycles. The first kappa shape index (κ1) is 29.0. The van der Waals surface area contributed by atoms with Crippen LogP contribution in [0, 0.1) is 6.92 Å². The molecule has 3 aromatic carbocycles. The number of amides is 2. The van der Waals surface area contributed by atoms with E-state index in [0.717, 1.165) is 67.4 Å². The first-order chi connectivity index (χ1) is 21.0. The summed E-state index contributed by atoms with van der Waals surface area (Å²) in [5, 5.41) is 4.15. The number of rotatable bonds is 9. The number of ether oxygens (including phenoxy) is 2. The molecule has 6 rings (SSSR count).